The Bertz CT molecular complexity index is 687. The number of thioether (sulfide) groups is 1. The molecule has 0 bridgehead atoms. The van der Waals surface area contributed by atoms with Gasteiger partial charge in [0, 0.05) is 24.7 Å². The van der Waals surface area contributed by atoms with Gasteiger partial charge in [0.1, 0.15) is 5.03 Å². The smallest absolute Gasteiger partial charge is 0.230 e. The van der Waals surface area contributed by atoms with Gasteiger partial charge in [-0.3, -0.25) is 4.79 Å². The minimum Gasteiger partial charge on any atom is -0.355 e. The fourth-order valence-electron chi connectivity index (χ4n) is 2.68. The van der Waals surface area contributed by atoms with Gasteiger partial charge in [-0.1, -0.05) is 35.5 Å². The summed E-state index contributed by atoms with van der Waals surface area (Å²) in [6, 6.07) is 11.4. The molecule has 7 heteroatoms. The van der Waals surface area contributed by atoms with Crippen LogP contribution in [0.25, 0.3) is 0 Å². The second kappa shape index (κ2) is 9.06. The zero-order chi connectivity index (χ0) is 17.5. The Morgan fingerprint density at radius 1 is 1.08 bits per heavy atom. The van der Waals surface area contributed by atoms with Gasteiger partial charge in [-0.05, 0) is 49.1 Å². The maximum Gasteiger partial charge on any atom is 0.230 e. The predicted octanol–water partition coefficient (Wildman–Crippen LogP) is 3.53. The van der Waals surface area contributed by atoms with Crippen LogP contribution in [0, 0.1) is 0 Å². The van der Waals surface area contributed by atoms with E-state index in [1.54, 1.807) is 0 Å². The van der Waals surface area contributed by atoms with Gasteiger partial charge in [-0.25, -0.2) is 0 Å². The van der Waals surface area contributed by atoms with Crippen LogP contribution in [-0.2, 0) is 11.3 Å². The molecule has 2 aromatic rings. The molecule has 1 aliphatic rings. The molecule has 2 heterocycles. The summed E-state index contributed by atoms with van der Waals surface area (Å²) in [6.45, 7) is 2.60. The molecule has 1 aromatic heterocycles. The molecule has 0 unspecified atom stereocenters. The van der Waals surface area contributed by atoms with Crippen molar-refractivity contribution in [3.63, 3.8) is 0 Å². The van der Waals surface area contributed by atoms with E-state index in [0.717, 1.165) is 29.5 Å². The molecule has 132 valence electrons. The van der Waals surface area contributed by atoms with E-state index in [1.165, 1.54) is 31.0 Å². The topological polar surface area (TPSA) is 58.1 Å². The maximum absolute atomic E-state index is 12.0. The Morgan fingerprint density at radius 3 is 2.52 bits per heavy atom. The molecular formula is C18H21ClN4OS. The van der Waals surface area contributed by atoms with E-state index < -0.39 is 0 Å². The highest BCUT2D eigenvalue weighted by molar-refractivity contribution is 7.99. The maximum atomic E-state index is 12.0. The number of piperidine rings is 1. The molecular weight excluding hydrogens is 356 g/mol. The van der Waals surface area contributed by atoms with E-state index in [2.05, 4.69) is 20.4 Å². The molecule has 5 nitrogen and oxygen atoms in total. The molecule has 0 aliphatic carbocycles. The van der Waals surface area contributed by atoms with Crippen molar-refractivity contribution >= 4 is 35.1 Å². The van der Waals surface area contributed by atoms with E-state index in [1.807, 2.05) is 36.4 Å². The van der Waals surface area contributed by atoms with Crippen LogP contribution in [0.4, 0.5) is 5.82 Å². The first kappa shape index (κ1) is 18.0. The number of rotatable bonds is 6. The van der Waals surface area contributed by atoms with Gasteiger partial charge in [0.25, 0.3) is 0 Å². The van der Waals surface area contributed by atoms with Crippen molar-refractivity contribution in [3.8, 4) is 0 Å². The molecule has 0 atom stereocenters. The highest BCUT2D eigenvalue weighted by Gasteiger charge is 2.12. The van der Waals surface area contributed by atoms with Crippen molar-refractivity contribution in [1.82, 2.24) is 15.5 Å². The number of benzene rings is 1. The number of nitrogens with zero attached hydrogens (tertiary/aromatic N) is 3. The number of carbonyl (C=O) groups excluding carboxylic acids is 1. The first-order valence-electron chi connectivity index (χ1n) is 8.43. The summed E-state index contributed by atoms with van der Waals surface area (Å²) in [7, 11) is 0. The third-order valence-corrected chi connectivity index (χ3v) is 5.23. The minimum absolute atomic E-state index is 0.0261. The van der Waals surface area contributed by atoms with Crippen LogP contribution in [0.5, 0.6) is 0 Å². The summed E-state index contributed by atoms with van der Waals surface area (Å²) in [5.41, 5.74) is 1.02. The fourth-order valence-corrected chi connectivity index (χ4v) is 3.44. The van der Waals surface area contributed by atoms with Gasteiger partial charge in [0.05, 0.1) is 5.75 Å². The second-order valence-corrected chi connectivity index (χ2v) is 7.40. The Kier molecular flexibility index (Phi) is 6.53. The van der Waals surface area contributed by atoms with E-state index in [9.17, 15) is 4.79 Å². The number of nitrogens with one attached hydrogen (secondary N) is 1. The van der Waals surface area contributed by atoms with E-state index >= 15 is 0 Å². The third kappa shape index (κ3) is 5.61. The summed E-state index contributed by atoms with van der Waals surface area (Å²) >= 11 is 7.24. The summed E-state index contributed by atoms with van der Waals surface area (Å²) in [6.07, 6.45) is 3.72. The fraction of sp³-hybridized carbons (Fsp3) is 0.389. The van der Waals surface area contributed by atoms with Crippen LogP contribution in [0.1, 0.15) is 24.8 Å². The Labute approximate surface area is 157 Å². The lowest BCUT2D eigenvalue weighted by Gasteiger charge is -2.27. The van der Waals surface area contributed by atoms with Gasteiger partial charge < -0.3 is 10.2 Å². The van der Waals surface area contributed by atoms with Gasteiger partial charge in [-0.2, -0.15) is 0 Å². The summed E-state index contributed by atoms with van der Waals surface area (Å²) in [5, 5.41) is 12.9. The van der Waals surface area contributed by atoms with Gasteiger partial charge in [0.2, 0.25) is 5.91 Å². The molecule has 1 fully saturated rings. The van der Waals surface area contributed by atoms with E-state index in [-0.39, 0.29) is 5.91 Å². The number of halogens is 1. The molecule has 25 heavy (non-hydrogen) atoms. The highest BCUT2D eigenvalue weighted by atomic mass is 35.5. The van der Waals surface area contributed by atoms with Crippen molar-refractivity contribution in [2.75, 3.05) is 23.7 Å². The van der Waals surface area contributed by atoms with Gasteiger partial charge in [0.15, 0.2) is 5.82 Å². The first-order valence-corrected chi connectivity index (χ1v) is 9.80. The van der Waals surface area contributed by atoms with Crippen LogP contribution in [0.15, 0.2) is 41.4 Å². The summed E-state index contributed by atoms with van der Waals surface area (Å²) in [4.78, 5) is 14.2. The van der Waals surface area contributed by atoms with Crippen molar-refractivity contribution in [2.24, 2.45) is 0 Å². The van der Waals surface area contributed by atoms with E-state index in [4.69, 9.17) is 11.6 Å². The minimum atomic E-state index is -0.0261. The van der Waals surface area contributed by atoms with Crippen molar-refractivity contribution in [3.05, 3.63) is 47.0 Å². The van der Waals surface area contributed by atoms with Crippen LogP contribution in [-0.4, -0.2) is 34.9 Å². The largest absolute Gasteiger partial charge is 0.355 e. The lowest BCUT2D eigenvalue weighted by molar-refractivity contribution is -0.118. The molecule has 3 rings (SSSR count). The molecule has 0 spiro atoms. The normalized spacial score (nSPS) is 14.4. The molecule has 1 N–H and O–H groups in total. The zero-order valence-electron chi connectivity index (χ0n) is 13.9. The van der Waals surface area contributed by atoms with Crippen molar-refractivity contribution in [1.29, 1.82) is 0 Å². The number of aromatic nitrogens is 2. The van der Waals surface area contributed by atoms with Gasteiger partial charge >= 0.3 is 0 Å². The first-order chi connectivity index (χ1) is 12.2. The average Bonchev–Trinajstić information content (AvgIpc) is 2.67. The summed E-state index contributed by atoms with van der Waals surface area (Å²) < 4.78 is 0. The zero-order valence-corrected chi connectivity index (χ0v) is 15.5. The molecule has 0 saturated carbocycles. The molecule has 0 radical (unpaired) electrons. The van der Waals surface area contributed by atoms with Crippen LogP contribution in [0.3, 0.4) is 0 Å². The SMILES string of the molecule is O=C(CSc1ccc(N2CCCCC2)nn1)NCc1ccc(Cl)cc1. The van der Waals surface area contributed by atoms with Crippen molar-refractivity contribution < 1.29 is 4.79 Å². The van der Waals surface area contributed by atoms with E-state index in [0.29, 0.717) is 17.3 Å². The van der Waals surface area contributed by atoms with Gasteiger partial charge in [-0.15, -0.1) is 10.2 Å². The monoisotopic (exact) mass is 376 g/mol. The molecule has 1 saturated heterocycles. The second-order valence-electron chi connectivity index (χ2n) is 5.97. The Hall–Kier alpha value is -1.79. The Morgan fingerprint density at radius 2 is 1.84 bits per heavy atom. The number of anilines is 1. The molecule has 1 aliphatic heterocycles. The predicted molar refractivity (Wildman–Crippen MR) is 102 cm³/mol. The third-order valence-electron chi connectivity index (χ3n) is 4.06. The number of carbonyl (C=O) groups is 1. The lowest BCUT2D eigenvalue weighted by Crippen LogP contribution is -2.30. The lowest BCUT2D eigenvalue weighted by atomic mass is 10.1. The number of amides is 1. The number of hydrogen-bond donors (Lipinski definition) is 1. The highest BCUT2D eigenvalue weighted by Crippen LogP contribution is 2.20. The number of hydrogen-bond acceptors (Lipinski definition) is 5. The van der Waals surface area contributed by atoms with Crippen molar-refractivity contribution in [2.45, 2.75) is 30.8 Å². The standard InChI is InChI=1S/C18H21ClN4OS/c19-15-6-4-14(5-7-15)12-20-17(24)13-25-18-9-8-16(21-22-18)23-10-2-1-3-11-23/h4-9H,1-3,10-13H2,(H,20,24). The molecule has 1 amide bonds. The Balaban J connectivity index is 1.43. The van der Waals surface area contributed by atoms with Crippen LogP contribution < -0.4 is 10.2 Å². The molecule has 1 aromatic carbocycles. The van der Waals surface area contributed by atoms with Crippen LogP contribution in [0.2, 0.25) is 5.02 Å². The quantitative estimate of drug-likeness (QED) is 0.781. The van der Waals surface area contributed by atoms with Crippen LogP contribution >= 0.6 is 23.4 Å². The summed E-state index contributed by atoms with van der Waals surface area (Å²) in [5.74, 6) is 1.23. The average molecular weight is 377 g/mol.